The number of rotatable bonds is 6. The number of nitrogens with zero attached hydrogens (tertiary/aromatic N) is 6. The summed E-state index contributed by atoms with van der Waals surface area (Å²) >= 11 is 0. The van der Waals surface area contributed by atoms with Crippen LogP contribution in [-0.2, 0) is 16.6 Å². The highest BCUT2D eigenvalue weighted by Crippen LogP contribution is 2.37. The predicted molar refractivity (Wildman–Crippen MR) is 98.3 cm³/mol. The zero-order valence-electron chi connectivity index (χ0n) is 16.0. The molecule has 2 aromatic rings. The maximum absolute atomic E-state index is 12.1. The highest BCUT2D eigenvalue weighted by atomic mass is 16.6. The van der Waals surface area contributed by atoms with Gasteiger partial charge < -0.3 is 14.4 Å². The Morgan fingerprint density at radius 2 is 2.21 bits per heavy atom. The summed E-state index contributed by atoms with van der Waals surface area (Å²) in [6.45, 7) is 4.66. The first-order valence-electron chi connectivity index (χ1n) is 9.00. The van der Waals surface area contributed by atoms with Crippen LogP contribution in [0, 0.1) is 23.0 Å². The average Bonchev–Trinajstić information content (AvgIpc) is 2.98. The van der Waals surface area contributed by atoms with Crippen molar-refractivity contribution in [2.24, 2.45) is 13.0 Å². The largest absolute Gasteiger partial charge is 0.466 e. The normalized spacial score (nSPS) is 16.7. The summed E-state index contributed by atoms with van der Waals surface area (Å²) in [5.74, 6) is -0.370. The highest BCUT2D eigenvalue weighted by molar-refractivity contribution is 5.74. The number of esters is 1. The zero-order chi connectivity index (χ0) is 20.3. The Bertz CT molecular complexity index is 883. The van der Waals surface area contributed by atoms with Gasteiger partial charge in [-0.2, -0.15) is 10.1 Å². The molecule has 1 aliphatic heterocycles. The van der Waals surface area contributed by atoms with Crippen LogP contribution in [0.5, 0.6) is 11.8 Å². The summed E-state index contributed by atoms with van der Waals surface area (Å²) in [4.78, 5) is 33.1. The van der Waals surface area contributed by atoms with Crippen LogP contribution in [0.25, 0.3) is 0 Å². The summed E-state index contributed by atoms with van der Waals surface area (Å²) in [5.41, 5.74) is 0.369. The first-order chi connectivity index (χ1) is 13.4. The fraction of sp³-hybridized carbons (Fsp3) is 0.529. The summed E-state index contributed by atoms with van der Waals surface area (Å²) in [6, 6.07) is 1.66. The maximum atomic E-state index is 12.1. The third-order valence-corrected chi connectivity index (χ3v) is 4.45. The fourth-order valence-electron chi connectivity index (χ4n) is 3.22. The smallest absolute Gasteiger partial charge is 0.373 e. The number of carbonyl (C=O) groups excluding carboxylic acids is 1. The number of nitro groups is 1. The third-order valence-electron chi connectivity index (χ3n) is 4.45. The van der Waals surface area contributed by atoms with Gasteiger partial charge in [0, 0.05) is 26.2 Å². The van der Waals surface area contributed by atoms with Crippen molar-refractivity contribution in [3.05, 3.63) is 28.2 Å². The number of piperidine rings is 1. The zero-order valence-corrected chi connectivity index (χ0v) is 16.0. The molecule has 1 atom stereocenters. The minimum absolute atomic E-state index is 0.128. The molecular weight excluding hydrogens is 368 g/mol. The molecule has 150 valence electrons. The molecule has 0 radical (unpaired) electrons. The van der Waals surface area contributed by atoms with E-state index in [0.29, 0.717) is 44.1 Å². The Labute approximate surface area is 161 Å². The minimum atomic E-state index is -0.568. The second-order valence-electron chi connectivity index (χ2n) is 6.49. The molecule has 2 aromatic heterocycles. The predicted octanol–water partition coefficient (Wildman–Crippen LogP) is 2.00. The average molecular weight is 390 g/mol. The number of anilines is 1. The van der Waals surface area contributed by atoms with Gasteiger partial charge in [0.1, 0.15) is 6.33 Å². The van der Waals surface area contributed by atoms with E-state index in [2.05, 4.69) is 15.1 Å². The van der Waals surface area contributed by atoms with Crippen LogP contribution in [-0.4, -0.2) is 50.3 Å². The molecule has 0 saturated carbocycles. The van der Waals surface area contributed by atoms with Gasteiger partial charge in [-0.05, 0) is 26.7 Å². The van der Waals surface area contributed by atoms with Gasteiger partial charge in [-0.25, -0.2) is 9.67 Å². The topological polar surface area (TPSA) is 126 Å². The monoisotopic (exact) mass is 390 g/mol. The number of hydrogen-bond acceptors (Lipinski definition) is 9. The van der Waals surface area contributed by atoms with E-state index in [4.69, 9.17) is 9.47 Å². The number of hydrogen-bond donors (Lipinski definition) is 0. The molecule has 3 heterocycles. The maximum Gasteiger partial charge on any atom is 0.373 e. The van der Waals surface area contributed by atoms with Crippen LogP contribution in [0.3, 0.4) is 0 Å². The second kappa shape index (κ2) is 8.19. The van der Waals surface area contributed by atoms with E-state index in [9.17, 15) is 14.9 Å². The molecule has 11 nitrogen and oxygen atoms in total. The van der Waals surface area contributed by atoms with E-state index in [1.807, 2.05) is 0 Å². The molecule has 0 bridgehead atoms. The van der Waals surface area contributed by atoms with Crippen molar-refractivity contribution in [1.82, 2.24) is 19.7 Å². The van der Waals surface area contributed by atoms with E-state index in [0.717, 1.165) is 0 Å². The fourth-order valence-corrected chi connectivity index (χ4v) is 3.22. The van der Waals surface area contributed by atoms with Crippen molar-refractivity contribution >= 4 is 17.5 Å². The van der Waals surface area contributed by atoms with E-state index < -0.39 is 4.92 Å². The molecule has 28 heavy (non-hydrogen) atoms. The van der Waals surface area contributed by atoms with E-state index >= 15 is 0 Å². The van der Waals surface area contributed by atoms with Crippen molar-refractivity contribution in [1.29, 1.82) is 0 Å². The van der Waals surface area contributed by atoms with E-state index in [1.165, 1.54) is 11.0 Å². The number of carbonyl (C=O) groups is 1. The van der Waals surface area contributed by atoms with Crippen LogP contribution >= 0.6 is 0 Å². The second-order valence-corrected chi connectivity index (χ2v) is 6.49. The number of aromatic nitrogens is 4. The Kier molecular flexibility index (Phi) is 5.71. The van der Waals surface area contributed by atoms with Crippen LogP contribution in [0.15, 0.2) is 12.4 Å². The molecule has 1 unspecified atom stereocenters. The lowest BCUT2D eigenvalue weighted by Gasteiger charge is -2.31. The molecule has 0 aromatic carbocycles. The van der Waals surface area contributed by atoms with Gasteiger partial charge >= 0.3 is 17.5 Å². The Hall–Kier alpha value is -3.24. The molecule has 1 fully saturated rings. The first kappa shape index (κ1) is 19.5. The molecule has 0 spiro atoms. The lowest BCUT2D eigenvalue weighted by molar-refractivity contribution is -0.385. The van der Waals surface area contributed by atoms with E-state index in [1.54, 1.807) is 31.9 Å². The van der Waals surface area contributed by atoms with Crippen molar-refractivity contribution < 1.29 is 19.2 Å². The molecule has 11 heteroatoms. The molecule has 3 rings (SSSR count). The molecule has 1 saturated heterocycles. The van der Waals surface area contributed by atoms with Crippen LogP contribution in [0.2, 0.25) is 0 Å². The summed E-state index contributed by atoms with van der Waals surface area (Å²) in [5, 5.41) is 15.9. The van der Waals surface area contributed by atoms with Crippen LogP contribution < -0.4 is 9.64 Å². The van der Waals surface area contributed by atoms with Gasteiger partial charge in [0.25, 0.3) is 0 Å². The third kappa shape index (κ3) is 4.02. The van der Waals surface area contributed by atoms with Crippen molar-refractivity contribution in [2.75, 3.05) is 24.6 Å². The van der Waals surface area contributed by atoms with Crippen LogP contribution in [0.4, 0.5) is 11.5 Å². The standard InChI is InChI=1S/C17H22N6O5/c1-4-27-17(24)12-6-5-7-22(9-12)15-14(23(25)26)16(19-10-18-15)28-13-8-11(2)20-21(13)3/h8,10,12H,4-7,9H2,1-3H3. The summed E-state index contributed by atoms with van der Waals surface area (Å²) in [6.07, 6.45) is 2.59. The van der Waals surface area contributed by atoms with Gasteiger partial charge in [-0.1, -0.05) is 0 Å². The SMILES string of the molecule is CCOC(=O)C1CCCN(c2ncnc(Oc3cc(C)nn3C)c2[N+](=O)[O-])C1. The quantitative estimate of drug-likeness (QED) is 0.413. The lowest BCUT2D eigenvalue weighted by Crippen LogP contribution is -2.40. The Balaban J connectivity index is 1.92. The molecule has 0 amide bonds. The van der Waals surface area contributed by atoms with Gasteiger partial charge in [-0.15, -0.1) is 0 Å². The van der Waals surface area contributed by atoms with Gasteiger partial charge in [-0.3, -0.25) is 14.9 Å². The van der Waals surface area contributed by atoms with Gasteiger partial charge in [0.15, 0.2) is 0 Å². The van der Waals surface area contributed by atoms with Crippen molar-refractivity contribution in [2.45, 2.75) is 26.7 Å². The lowest BCUT2D eigenvalue weighted by atomic mass is 9.98. The number of aryl methyl sites for hydroxylation is 2. The van der Waals surface area contributed by atoms with Gasteiger partial charge in [0.2, 0.25) is 11.7 Å². The molecular formula is C17H22N6O5. The van der Waals surface area contributed by atoms with Gasteiger partial charge in [0.05, 0.1) is 23.1 Å². The Morgan fingerprint density at radius 1 is 1.43 bits per heavy atom. The van der Waals surface area contributed by atoms with Crippen molar-refractivity contribution in [3.8, 4) is 11.8 Å². The Morgan fingerprint density at radius 3 is 2.86 bits per heavy atom. The van der Waals surface area contributed by atoms with E-state index in [-0.39, 0.29) is 29.3 Å². The highest BCUT2D eigenvalue weighted by Gasteiger charge is 2.34. The van der Waals surface area contributed by atoms with Crippen molar-refractivity contribution in [3.63, 3.8) is 0 Å². The number of ether oxygens (including phenoxy) is 2. The molecule has 1 aliphatic rings. The molecule has 0 N–H and O–H groups in total. The summed E-state index contributed by atoms with van der Waals surface area (Å²) in [7, 11) is 1.67. The van der Waals surface area contributed by atoms with Crippen LogP contribution in [0.1, 0.15) is 25.5 Å². The molecule has 0 aliphatic carbocycles. The first-order valence-corrected chi connectivity index (χ1v) is 9.00. The minimum Gasteiger partial charge on any atom is -0.466 e. The summed E-state index contributed by atoms with van der Waals surface area (Å²) < 4.78 is 12.2.